The number of ketones is 1. The summed E-state index contributed by atoms with van der Waals surface area (Å²) in [6.45, 7) is 8.98. The molecular formula is C33H45FO5. The highest BCUT2D eigenvalue weighted by atomic mass is 19.1. The quantitative estimate of drug-likeness (QED) is 0.364. The first-order valence-electron chi connectivity index (χ1n) is 14.9. The third kappa shape index (κ3) is 4.64. The topological polar surface area (TPSA) is 69.7 Å². The van der Waals surface area contributed by atoms with Crippen molar-refractivity contribution in [3.8, 4) is 0 Å². The molecule has 0 N–H and O–H groups in total. The predicted molar refractivity (Wildman–Crippen MR) is 147 cm³/mol. The van der Waals surface area contributed by atoms with E-state index in [-0.39, 0.29) is 28.6 Å². The van der Waals surface area contributed by atoms with Gasteiger partial charge in [-0.15, -0.1) is 0 Å². The Morgan fingerprint density at radius 2 is 1.77 bits per heavy atom. The fourth-order valence-corrected chi connectivity index (χ4v) is 9.79. The highest BCUT2D eigenvalue weighted by Crippen LogP contribution is 2.70. The largest absolute Gasteiger partial charge is 0.469 e. The van der Waals surface area contributed by atoms with Gasteiger partial charge in [-0.25, -0.2) is 9.18 Å². The van der Waals surface area contributed by atoms with Gasteiger partial charge in [0.05, 0.1) is 12.7 Å². The number of fused-ring (bicyclic) bond motifs is 5. The van der Waals surface area contributed by atoms with Crippen LogP contribution in [0.25, 0.3) is 0 Å². The van der Waals surface area contributed by atoms with E-state index in [0.717, 1.165) is 32.1 Å². The molecule has 0 saturated heterocycles. The van der Waals surface area contributed by atoms with Gasteiger partial charge in [0.1, 0.15) is 18.1 Å². The van der Waals surface area contributed by atoms with E-state index < -0.39 is 23.7 Å². The molecule has 0 bridgehead atoms. The van der Waals surface area contributed by atoms with E-state index in [0.29, 0.717) is 54.8 Å². The normalized spacial score (nSPS) is 42.1. The minimum atomic E-state index is -1.24. The summed E-state index contributed by atoms with van der Waals surface area (Å²) in [6, 6.07) is 8.74. The molecule has 1 aromatic rings. The molecule has 10 atom stereocenters. The number of rotatable bonds is 6. The zero-order valence-corrected chi connectivity index (χ0v) is 24.2. The summed E-state index contributed by atoms with van der Waals surface area (Å²) in [4.78, 5) is 38.6. The SMILES string of the molecule is COC(=O)CC[C@@H](C)[C@H]1CCC2C3C(=O)C[C@]4(C)C[C@H](OC(=O)c5ccccc5)[C@H](F)C[C@]4(C)C3CCC21C. The van der Waals surface area contributed by atoms with Gasteiger partial charge >= 0.3 is 11.9 Å². The van der Waals surface area contributed by atoms with Crippen molar-refractivity contribution >= 4 is 17.7 Å². The lowest BCUT2D eigenvalue weighted by atomic mass is 9.39. The molecule has 0 radical (unpaired) electrons. The molecule has 4 unspecified atom stereocenters. The molecule has 214 valence electrons. The van der Waals surface area contributed by atoms with Gasteiger partial charge in [0, 0.05) is 18.8 Å². The average Bonchev–Trinajstić information content (AvgIpc) is 3.26. The summed E-state index contributed by atoms with van der Waals surface area (Å²) in [5.41, 5.74) is -0.245. The Morgan fingerprint density at radius 1 is 1.05 bits per heavy atom. The summed E-state index contributed by atoms with van der Waals surface area (Å²) in [5.74, 6) is 0.953. The Bertz CT molecular complexity index is 1100. The van der Waals surface area contributed by atoms with E-state index in [2.05, 4.69) is 27.7 Å². The molecule has 39 heavy (non-hydrogen) atoms. The van der Waals surface area contributed by atoms with Gasteiger partial charge in [0.15, 0.2) is 0 Å². The Hall–Kier alpha value is -2.24. The van der Waals surface area contributed by atoms with Crippen LogP contribution in [-0.4, -0.2) is 37.1 Å². The Morgan fingerprint density at radius 3 is 2.46 bits per heavy atom. The lowest BCUT2D eigenvalue weighted by molar-refractivity contribution is -0.192. The minimum Gasteiger partial charge on any atom is -0.469 e. The highest BCUT2D eigenvalue weighted by molar-refractivity contribution is 5.89. The first-order chi connectivity index (χ1) is 18.4. The maximum Gasteiger partial charge on any atom is 0.338 e. The highest BCUT2D eigenvalue weighted by Gasteiger charge is 2.67. The van der Waals surface area contributed by atoms with Gasteiger partial charge in [-0.05, 0) is 97.0 Å². The van der Waals surface area contributed by atoms with Crippen molar-refractivity contribution in [3.63, 3.8) is 0 Å². The second-order valence-electron chi connectivity index (χ2n) is 13.9. The smallest absolute Gasteiger partial charge is 0.338 e. The van der Waals surface area contributed by atoms with E-state index >= 15 is 4.39 Å². The third-order valence-corrected chi connectivity index (χ3v) is 12.1. The first-order valence-corrected chi connectivity index (χ1v) is 14.9. The monoisotopic (exact) mass is 540 g/mol. The summed E-state index contributed by atoms with van der Waals surface area (Å²) in [6.07, 6.45) is 4.37. The van der Waals surface area contributed by atoms with Crippen molar-refractivity contribution in [2.24, 2.45) is 45.8 Å². The van der Waals surface area contributed by atoms with Gasteiger partial charge in [-0.3, -0.25) is 9.59 Å². The van der Waals surface area contributed by atoms with Crippen LogP contribution in [0.3, 0.4) is 0 Å². The number of esters is 2. The molecule has 0 heterocycles. The van der Waals surface area contributed by atoms with E-state index in [9.17, 15) is 14.4 Å². The fraction of sp³-hybridized carbons (Fsp3) is 0.727. The first kappa shape index (κ1) is 28.3. The van der Waals surface area contributed by atoms with E-state index in [4.69, 9.17) is 9.47 Å². The minimum absolute atomic E-state index is 0.0322. The van der Waals surface area contributed by atoms with Gasteiger partial charge in [0.2, 0.25) is 0 Å². The number of halogens is 1. The van der Waals surface area contributed by atoms with E-state index in [1.807, 2.05) is 6.07 Å². The number of hydrogen-bond acceptors (Lipinski definition) is 5. The van der Waals surface area contributed by atoms with Crippen LogP contribution >= 0.6 is 0 Å². The molecule has 6 heteroatoms. The van der Waals surface area contributed by atoms with E-state index in [1.54, 1.807) is 24.3 Å². The number of benzene rings is 1. The number of alkyl halides is 1. The number of Topliss-reactive ketones (excluding diaryl/α,β-unsaturated/α-hetero) is 1. The second kappa shape index (κ2) is 10.3. The summed E-state index contributed by atoms with van der Waals surface area (Å²) in [5, 5.41) is 0. The summed E-state index contributed by atoms with van der Waals surface area (Å²) < 4.78 is 26.5. The third-order valence-electron chi connectivity index (χ3n) is 12.1. The molecule has 4 saturated carbocycles. The van der Waals surface area contributed by atoms with Gasteiger partial charge in [0.25, 0.3) is 0 Å². The molecule has 0 spiro atoms. The Balaban J connectivity index is 1.34. The van der Waals surface area contributed by atoms with Crippen LogP contribution in [0.4, 0.5) is 4.39 Å². The number of ether oxygens (including phenoxy) is 2. The van der Waals surface area contributed by atoms with Crippen molar-refractivity contribution < 1.29 is 28.2 Å². The molecular weight excluding hydrogens is 495 g/mol. The molecule has 5 nitrogen and oxygen atoms in total. The van der Waals surface area contributed by atoms with Crippen LogP contribution < -0.4 is 0 Å². The second-order valence-corrected chi connectivity index (χ2v) is 13.9. The average molecular weight is 541 g/mol. The van der Waals surface area contributed by atoms with Crippen LogP contribution in [0.5, 0.6) is 0 Å². The zero-order chi connectivity index (χ0) is 28.2. The summed E-state index contributed by atoms with van der Waals surface area (Å²) >= 11 is 0. The zero-order valence-electron chi connectivity index (χ0n) is 24.2. The maximum absolute atomic E-state index is 15.9. The standard InChI is InChI=1S/C33H45FO5/c1-20(11-14-28(36)38-5)22-12-13-23-29-24(15-16-32(22,23)3)33(4)17-25(34)27(19-31(33,2)18-26(29)35)39-30(37)21-9-7-6-8-10-21/h6-10,20,22-25,27,29H,11-19H2,1-5H3/t20-,22-,23?,24?,25-,27+,29?,31-,32?,33-/m1/s1. The molecule has 4 fully saturated rings. The van der Waals surface area contributed by atoms with Crippen LogP contribution in [0, 0.1) is 45.8 Å². The molecule has 1 aromatic carbocycles. The lowest BCUT2D eigenvalue weighted by Gasteiger charge is -2.64. The molecule has 4 aliphatic rings. The molecule has 0 amide bonds. The lowest BCUT2D eigenvalue weighted by Crippen LogP contribution is -2.63. The number of carbonyl (C=O) groups is 3. The Labute approximate surface area is 232 Å². The van der Waals surface area contributed by atoms with Crippen molar-refractivity contribution in [1.29, 1.82) is 0 Å². The maximum atomic E-state index is 15.9. The summed E-state index contributed by atoms with van der Waals surface area (Å²) in [7, 11) is 1.44. The fourth-order valence-electron chi connectivity index (χ4n) is 9.79. The number of methoxy groups -OCH3 is 1. The molecule has 0 aromatic heterocycles. The Kier molecular flexibility index (Phi) is 7.47. The van der Waals surface area contributed by atoms with Crippen molar-refractivity contribution in [2.75, 3.05) is 7.11 Å². The van der Waals surface area contributed by atoms with E-state index in [1.165, 1.54) is 7.11 Å². The predicted octanol–water partition coefficient (Wildman–Crippen LogP) is 6.98. The van der Waals surface area contributed by atoms with Crippen LogP contribution in [0.2, 0.25) is 0 Å². The van der Waals surface area contributed by atoms with Crippen LogP contribution in [-0.2, 0) is 19.1 Å². The van der Waals surface area contributed by atoms with Gasteiger partial charge in [-0.2, -0.15) is 0 Å². The van der Waals surface area contributed by atoms with Crippen LogP contribution in [0.15, 0.2) is 30.3 Å². The number of carbonyl (C=O) groups excluding carboxylic acids is 3. The van der Waals surface area contributed by atoms with Crippen LogP contribution in [0.1, 0.15) is 95.8 Å². The molecule has 5 rings (SSSR count). The van der Waals surface area contributed by atoms with Gasteiger partial charge in [-0.1, -0.05) is 45.9 Å². The van der Waals surface area contributed by atoms with Gasteiger partial charge < -0.3 is 9.47 Å². The molecule has 0 aliphatic heterocycles. The van der Waals surface area contributed by atoms with Crippen molar-refractivity contribution in [1.82, 2.24) is 0 Å². The molecule has 4 aliphatic carbocycles. The van der Waals surface area contributed by atoms with Crippen molar-refractivity contribution in [3.05, 3.63) is 35.9 Å². The number of hydrogen-bond donors (Lipinski definition) is 0. The van der Waals surface area contributed by atoms with Crippen molar-refractivity contribution in [2.45, 2.75) is 97.8 Å².